The first-order valence-corrected chi connectivity index (χ1v) is 9.74. The molecule has 0 unspecified atom stereocenters. The van der Waals surface area contributed by atoms with Gasteiger partial charge in [0.15, 0.2) is 5.16 Å². The van der Waals surface area contributed by atoms with Crippen molar-refractivity contribution in [1.29, 1.82) is 0 Å². The van der Waals surface area contributed by atoms with E-state index in [0.29, 0.717) is 11.7 Å². The fourth-order valence-corrected chi connectivity index (χ4v) is 3.80. The molecule has 2 N–H and O–H groups in total. The van der Waals surface area contributed by atoms with Gasteiger partial charge in [0.05, 0.1) is 11.9 Å². The number of rotatable bonds is 5. The van der Waals surface area contributed by atoms with Crippen molar-refractivity contribution in [2.75, 3.05) is 23.8 Å². The molecule has 0 saturated carbocycles. The van der Waals surface area contributed by atoms with Crippen LogP contribution in [0.1, 0.15) is 36.2 Å². The Hall–Kier alpha value is -2.61. The van der Waals surface area contributed by atoms with E-state index in [4.69, 9.17) is 10.5 Å². The van der Waals surface area contributed by atoms with Crippen LogP contribution in [0.4, 0.5) is 11.5 Å². The Kier molecular flexibility index (Phi) is 5.95. The third kappa shape index (κ3) is 4.21. The summed E-state index contributed by atoms with van der Waals surface area (Å²) < 4.78 is 4.91. The van der Waals surface area contributed by atoms with Gasteiger partial charge in [0.1, 0.15) is 11.4 Å². The van der Waals surface area contributed by atoms with Crippen molar-refractivity contribution < 1.29 is 14.3 Å². The highest BCUT2D eigenvalue weighted by Crippen LogP contribution is 2.30. The van der Waals surface area contributed by atoms with E-state index in [1.54, 1.807) is 6.92 Å². The molecular formula is C19H22N4O3S. The zero-order chi connectivity index (χ0) is 19.4. The van der Waals surface area contributed by atoms with Gasteiger partial charge in [-0.05, 0) is 38.3 Å². The Bertz CT molecular complexity index is 859. The van der Waals surface area contributed by atoms with Gasteiger partial charge in [-0.15, -0.1) is 0 Å². The number of nitrogens with zero attached hydrogens (tertiary/aromatic N) is 3. The lowest BCUT2D eigenvalue weighted by Crippen LogP contribution is -2.40. The second-order valence-corrected chi connectivity index (χ2v) is 7.46. The van der Waals surface area contributed by atoms with Gasteiger partial charge < -0.3 is 15.4 Å². The molecule has 0 spiro atoms. The summed E-state index contributed by atoms with van der Waals surface area (Å²) in [6.45, 7) is 4.48. The Labute approximate surface area is 162 Å². The number of esters is 1. The maximum absolute atomic E-state index is 13.0. The number of thioether (sulfide) groups is 1. The maximum Gasteiger partial charge on any atom is 0.343 e. The number of aryl methyl sites for hydroxylation is 1. The Morgan fingerprint density at radius 3 is 2.89 bits per heavy atom. The van der Waals surface area contributed by atoms with Crippen molar-refractivity contribution in [3.8, 4) is 0 Å². The minimum atomic E-state index is -0.555. The van der Waals surface area contributed by atoms with Crippen molar-refractivity contribution in [3.05, 3.63) is 41.6 Å². The largest absolute Gasteiger partial charge is 0.462 e. The van der Waals surface area contributed by atoms with Crippen LogP contribution in [0.15, 0.2) is 35.6 Å². The minimum absolute atomic E-state index is 0.00351. The summed E-state index contributed by atoms with van der Waals surface area (Å²) in [7, 11) is 0. The van der Waals surface area contributed by atoms with Gasteiger partial charge in [0, 0.05) is 18.4 Å². The Morgan fingerprint density at radius 2 is 2.15 bits per heavy atom. The van der Waals surface area contributed by atoms with Crippen LogP contribution < -0.4 is 10.6 Å². The molecule has 0 aliphatic carbocycles. The number of amides is 1. The third-order valence-corrected chi connectivity index (χ3v) is 5.26. The van der Waals surface area contributed by atoms with E-state index in [1.165, 1.54) is 23.5 Å². The Morgan fingerprint density at radius 1 is 1.37 bits per heavy atom. The van der Waals surface area contributed by atoms with Crippen LogP contribution in [0.3, 0.4) is 0 Å². The van der Waals surface area contributed by atoms with Gasteiger partial charge >= 0.3 is 5.97 Å². The predicted octanol–water partition coefficient (Wildman–Crippen LogP) is 2.70. The lowest BCUT2D eigenvalue weighted by molar-refractivity contribution is -0.117. The summed E-state index contributed by atoms with van der Waals surface area (Å²) in [4.78, 5) is 34.9. The number of hydrogen-bond donors (Lipinski definition) is 1. The highest BCUT2D eigenvalue weighted by Gasteiger charge is 2.27. The molecule has 142 valence electrons. The number of ether oxygens (including phenoxy) is 1. The average molecular weight is 386 g/mol. The number of fused-ring (bicyclic) bond motifs is 1. The second-order valence-electron chi connectivity index (χ2n) is 6.15. The van der Waals surface area contributed by atoms with E-state index >= 15 is 0 Å². The van der Waals surface area contributed by atoms with E-state index in [9.17, 15) is 9.59 Å². The quantitative estimate of drug-likeness (QED) is 0.479. The molecule has 1 aliphatic rings. The molecule has 0 radical (unpaired) electrons. The number of hydrogen-bond acceptors (Lipinski definition) is 7. The molecule has 0 bridgehead atoms. The van der Waals surface area contributed by atoms with Crippen molar-refractivity contribution in [2.45, 2.75) is 37.1 Å². The number of carbonyl (C=O) groups is 2. The van der Waals surface area contributed by atoms with E-state index in [-0.39, 0.29) is 29.1 Å². The lowest BCUT2D eigenvalue weighted by Gasteiger charge is -2.31. The molecule has 0 fully saturated rings. The van der Waals surface area contributed by atoms with Crippen molar-refractivity contribution >= 4 is 35.1 Å². The molecule has 7 nitrogen and oxygen atoms in total. The van der Waals surface area contributed by atoms with E-state index < -0.39 is 5.97 Å². The van der Waals surface area contributed by atoms with Gasteiger partial charge in [0.2, 0.25) is 5.91 Å². The van der Waals surface area contributed by atoms with Crippen molar-refractivity contribution in [2.24, 2.45) is 0 Å². The van der Waals surface area contributed by atoms with Gasteiger partial charge in [-0.1, -0.05) is 30.0 Å². The fourth-order valence-electron chi connectivity index (χ4n) is 2.99. The van der Waals surface area contributed by atoms with Crippen LogP contribution in [0.25, 0.3) is 0 Å². The lowest BCUT2D eigenvalue weighted by atomic mass is 10.0. The monoisotopic (exact) mass is 386 g/mol. The fraction of sp³-hybridized carbons (Fsp3) is 0.368. The first-order chi connectivity index (χ1) is 13.0. The van der Waals surface area contributed by atoms with Crippen LogP contribution in [0.2, 0.25) is 0 Å². The molecule has 2 aromatic rings. The third-order valence-electron chi connectivity index (χ3n) is 4.30. The highest BCUT2D eigenvalue weighted by molar-refractivity contribution is 8.00. The van der Waals surface area contributed by atoms with Crippen LogP contribution in [-0.2, 0) is 16.0 Å². The number of anilines is 2. The summed E-state index contributed by atoms with van der Waals surface area (Å²) in [5.74, 6) is -0.502. The van der Waals surface area contributed by atoms with Crippen molar-refractivity contribution in [3.63, 3.8) is 0 Å². The minimum Gasteiger partial charge on any atom is -0.462 e. The zero-order valence-corrected chi connectivity index (χ0v) is 16.2. The number of benzene rings is 1. The zero-order valence-electron chi connectivity index (χ0n) is 15.3. The average Bonchev–Trinajstić information content (AvgIpc) is 2.67. The van der Waals surface area contributed by atoms with Crippen LogP contribution in [0, 0.1) is 0 Å². The number of aromatic nitrogens is 2. The number of carbonyl (C=O) groups excluding carboxylic acids is 2. The van der Waals surface area contributed by atoms with Gasteiger partial charge in [-0.3, -0.25) is 4.79 Å². The summed E-state index contributed by atoms with van der Waals surface area (Å²) in [5, 5.41) is -0.0318. The van der Waals surface area contributed by atoms with E-state index in [0.717, 1.165) is 18.5 Å². The Balaban J connectivity index is 1.72. The van der Waals surface area contributed by atoms with Gasteiger partial charge in [0.25, 0.3) is 0 Å². The molecule has 1 atom stereocenters. The second kappa shape index (κ2) is 8.39. The molecule has 27 heavy (non-hydrogen) atoms. The van der Waals surface area contributed by atoms with Crippen LogP contribution in [0.5, 0.6) is 0 Å². The summed E-state index contributed by atoms with van der Waals surface area (Å²) >= 11 is 1.22. The predicted molar refractivity (Wildman–Crippen MR) is 105 cm³/mol. The SMILES string of the molecule is CCOC(=O)c1cnc(S[C@H](C)C(=O)N2CCCc3ccccc32)nc1N. The first kappa shape index (κ1) is 19.2. The van der Waals surface area contributed by atoms with Gasteiger partial charge in [-0.25, -0.2) is 14.8 Å². The summed E-state index contributed by atoms with van der Waals surface area (Å²) in [5.41, 5.74) is 8.14. The number of para-hydroxylation sites is 1. The molecule has 8 heteroatoms. The summed E-state index contributed by atoms with van der Waals surface area (Å²) in [6.07, 6.45) is 3.27. The van der Waals surface area contributed by atoms with E-state index in [2.05, 4.69) is 16.0 Å². The van der Waals surface area contributed by atoms with Crippen LogP contribution in [-0.4, -0.2) is 40.2 Å². The first-order valence-electron chi connectivity index (χ1n) is 8.86. The smallest absolute Gasteiger partial charge is 0.343 e. The van der Waals surface area contributed by atoms with Crippen molar-refractivity contribution in [1.82, 2.24) is 9.97 Å². The molecule has 2 heterocycles. The highest BCUT2D eigenvalue weighted by atomic mass is 32.2. The number of nitrogens with two attached hydrogens (primary N) is 1. The molecule has 1 aliphatic heterocycles. The molecular weight excluding hydrogens is 364 g/mol. The van der Waals surface area contributed by atoms with Crippen LogP contribution >= 0.6 is 11.8 Å². The van der Waals surface area contributed by atoms with Gasteiger partial charge in [-0.2, -0.15) is 0 Å². The molecule has 3 rings (SSSR count). The maximum atomic E-state index is 13.0. The molecule has 1 aromatic heterocycles. The normalized spacial score (nSPS) is 14.4. The summed E-state index contributed by atoms with van der Waals surface area (Å²) in [6, 6.07) is 7.98. The molecule has 0 saturated heterocycles. The van der Waals surface area contributed by atoms with E-state index in [1.807, 2.05) is 30.0 Å². The molecule has 1 aromatic carbocycles. The number of nitrogen functional groups attached to an aromatic ring is 1. The topological polar surface area (TPSA) is 98.4 Å². The molecule has 1 amide bonds. The standard InChI is InChI=1S/C19H22N4O3S/c1-3-26-18(25)14-11-21-19(22-16(14)20)27-12(2)17(24)23-10-6-8-13-7-4-5-9-15(13)23/h4-5,7,9,11-12H,3,6,8,10H2,1-2H3,(H2,20,21,22)/t12-/m1/s1.